The average Bonchev–Trinajstić information content (AvgIpc) is 3.02. The summed E-state index contributed by atoms with van der Waals surface area (Å²) >= 11 is 0. The Labute approximate surface area is 116 Å². The van der Waals surface area contributed by atoms with Gasteiger partial charge >= 0.3 is 6.03 Å². The molecule has 0 radical (unpaired) electrons. The Bertz CT molecular complexity index is 584. The van der Waals surface area contributed by atoms with E-state index in [1.807, 2.05) is 30.3 Å². The van der Waals surface area contributed by atoms with E-state index in [0.29, 0.717) is 12.4 Å². The molecule has 2 amide bonds. The molecule has 2 heterocycles. The number of amides is 2. The molecular formula is C13H16N6O. The van der Waals surface area contributed by atoms with Crippen LogP contribution in [-0.4, -0.2) is 38.1 Å². The topological polar surface area (TPSA) is 101 Å². The first-order valence-electron chi connectivity index (χ1n) is 6.62. The van der Waals surface area contributed by atoms with Gasteiger partial charge in [-0.3, -0.25) is 0 Å². The summed E-state index contributed by atoms with van der Waals surface area (Å²) in [4.78, 5) is 13.6. The highest BCUT2D eigenvalue weighted by molar-refractivity contribution is 5.74. The Kier molecular flexibility index (Phi) is 3.09. The second-order valence-corrected chi connectivity index (χ2v) is 4.92. The smallest absolute Gasteiger partial charge is 0.315 e. The molecule has 1 aliphatic heterocycles. The van der Waals surface area contributed by atoms with Crippen LogP contribution < -0.4 is 5.73 Å². The predicted molar refractivity (Wildman–Crippen MR) is 71.5 cm³/mol. The van der Waals surface area contributed by atoms with Crippen molar-refractivity contribution in [3.05, 3.63) is 41.7 Å². The summed E-state index contributed by atoms with van der Waals surface area (Å²) in [5, 5.41) is 14.2. The van der Waals surface area contributed by atoms with Gasteiger partial charge in [-0.25, -0.2) is 9.89 Å². The van der Waals surface area contributed by atoms with Gasteiger partial charge in [0.1, 0.15) is 5.54 Å². The first-order chi connectivity index (χ1) is 9.75. The number of primary amides is 1. The van der Waals surface area contributed by atoms with Crippen LogP contribution in [0.25, 0.3) is 0 Å². The summed E-state index contributed by atoms with van der Waals surface area (Å²) in [7, 11) is 0. The third-order valence-electron chi connectivity index (χ3n) is 3.89. The predicted octanol–water partition coefficient (Wildman–Crippen LogP) is 1.01. The minimum Gasteiger partial charge on any atom is -0.351 e. The van der Waals surface area contributed by atoms with Gasteiger partial charge in [-0.15, -0.1) is 5.10 Å². The molecule has 0 spiro atoms. The first kappa shape index (κ1) is 12.6. The fourth-order valence-corrected chi connectivity index (χ4v) is 3.01. The molecule has 1 aromatic carbocycles. The minimum atomic E-state index is -0.700. The van der Waals surface area contributed by atoms with Crippen LogP contribution >= 0.6 is 0 Å². The number of aromatic amines is 1. The number of nitrogens with two attached hydrogens (primary N) is 1. The van der Waals surface area contributed by atoms with Crippen molar-refractivity contribution >= 4 is 6.03 Å². The maximum absolute atomic E-state index is 11.9. The van der Waals surface area contributed by atoms with Crippen molar-refractivity contribution in [2.45, 2.75) is 24.8 Å². The summed E-state index contributed by atoms with van der Waals surface area (Å²) in [5.41, 5.74) is 5.86. The number of carbonyl (C=O) groups is 1. The molecule has 3 rings (SSSR count). The van der Waals surface area contributed by atoms with E-state index in [4.69, 9.17) is 5.73 Å². The van der Waals surface area contributed by atoms with Crippen LogP contribution in [-0.2, 0) is 5.54 Å². The zero-order chi connectivity index (χ0) is 14.0. The van der Waals surface area contributed by atoms with E-state index in [0.717, 1.165) is 24.8 Å². The van der Waals surface area contributed by atoms with Crippen molar-refractivity contribution in [2.75, 3.05) is 6.54 Å². The second kappa shape index (κ2) is 4.92. The number of tetrazole rings is 1. The molecule has 104 valence electrons. The van der Waals surface area contributed by atoms with E-state index in [1.165, 1.54) is 0 Å². The summed E-state index contributed by atoms with van der Waals surface area (Å²) < 4.78 is 0. The van der Waals surface area contributed by atoms with E-state index in [2.05, 4.69) is 20.6 Å². The molecule has 1 atom stereocenters. The molecule has 7 heteroatoms. The lowest BCUT2D eigenvalue weighted by Crippen LogP contribution is -2.55. The number of rotatable bonds is 2. The quantitative estimate of drug-likeness (QED) is 0.851. The lowest BCUT2D eigenvalue weighted by Gasteiger charge is -2.44. The number of nitrogens with one attached hydrogen (secondary N) is 1. The molecule has 3 N–H and O–H groups in total. The molecule has 1 aliphatic rings. The number of piperidine rings is 1. The third kappa shape index (κ3) is 1.82. The Morgan fingerprint density at radius 1 is 1.30 bits per heavy atom. The van der Waals surface area contributed by atoms with Gasteiger partial charge < -0.3 is 10.6 Å². The van der Waals surface area contributed by atoms with Crippen LogP contribution in [0.1, 0.15) is 30.7 Å². The summed E-state index contributed by atoms with van der Waals surface area (Å²) in [6.45, 7) is 0.602. The minimum absolute atomic E-state index is 0.454. The fourth-order valence-electron chi connectivity index (χ4n) is 3.01. The van der Waals surface area contributed by atoms with Crippen LogP contribution in [0.15, 0.2) is 30.3 Å². The number of carbonyl (C=O) groups excluding carboxylic acids is 1. The lowest BCUT2D eigenvalue weighted by molar-refractivity contribution is 0.103. The Morgan fingerprint density at radius 2 is 2.10 bits per heavy atom. The van der Waals surface area contributed by atoms with E-state index >= 15 is 0 Å². The van der Waals surface area contributed by atoms with Crippen molar-refractivity contribution in [1.29, 1.82) is 0 Å². The fraction of sp³-hybridized carbons (Fsp3) is 0.385. The van der Waals surface area contributed by atoms with Crippen LogP contribution in [0.2, 0.25) is 0 Å². The molecular weight excluding hydrogens is 256 g/mol. The molecule has 1 saturated heterocycles. The third-order valence-corrected chi connectivity index (χ3v) is 3.89. The molecule has 0 aliphatic carbocycles. The van der Waals surface area contributed by atoms with Gasteiger partial charge in [0, 0.05) is 6.54 Å². The van der Waals surface area contributed by atoms with E-state index in [9.17, 15) is 4.79 Å². The van der Waals surface area contributed by atoms with Gasteiger partial charge in [-0.2, -0.15) is 0 Å². The number of aromatic nitrogens is 4. The molecule has 2 aromatic rings. The summed E-state index contributed by atoms with van der Waals surface area (Å²) in [5.74, 6) is 0.558. The highest BCUT2D eigenvalue weighted by atomic mass is 16.2. The van der Waals surface area contributed by atoms with Crippen LogP contribution in [0.4, 0.5) is 4.79 Å². The summed E-state index contributed by atoms with van der Waals surface area (Å²) in [6, 6.07) is 9.31. The van der Waals surface area contributed by atoms with Gasteiger partial charge in [0.25, 0.3) is 0 Å². The van der Waals surface area contributed by atoms with Crippen molar-refractivity contribution in [1.82, 2.24) is 25.5 Å². The number of hydrogen-bond donors (Lipinski definition) is 2. The van der Waals surface area contributed by atoms with E-state index in [-0.39, 0.29) is 0 Å². The molecule has 7 nitrogen and oxygen atoms in total. The second-order valence-electron chi connectivity index (χ2n) is 4.92. The normalized spacial score (nSPS) is 22.7. The van der Waals surface area contributed by atoms with Crippen molar-refractivity contribution < 1.29 is 4.79 Å². The van der Waals surface area contributed by atoms with Crippen molar-refractivity contribution in [3.63, 3.8) is 0 Å². The number of hydrogen-bond acceptors (Lipinski definition) is 4. The molecule has 0 saturated carbocycles. The number of urea groups is 1. The molecule has 1 aromatic heterocycles. The zero-order valence-corrected chi connectivity index (χ0v) is 11.0. The standard InChI is InChI=1S/C13H16N6O/c14-12(20)19-9-5-4-8-13(19,11-15-17-18-16-11)10-6-2-1-3-7-10/h1-3,6-7H,4-5,8-9H2,(H2,14,20)(H,15,16,17,18). The highest BCUT2D eigenvalue weighted by Crippen LogP contribution is 2.41. The number of benzene rings is 1. The Morgan fingerprint density at radius 3 is 2.75 bits per heavy atom. The lowest BCUT2D eigenvalue weighted by atomic mass is 9.80. The first-order valence-corrected chi connectivity index (χ1v) is 6.62. The maximum atomic E-state index is 11.9. The van der Waals surface area contributed by atoms with Gasteiger partial charge in [-0.1, -0.05) is 30.3 Å². The van der Waals surface area contributed by atoms with Crippen LogP contribution in [0.3, 0.4) is 0 Å². The Hall–Kier alpha value is -2.44. The van der Waals surface area contributed by atoms with E-state index in [1.54, 1.807) is 4.90 Å². The molecule has 0 bridgehead atoms. The van der Waals surface area contributed by atoms with Crippen LogP contribution in [0.5, 0.6) is 0 Å². The molecule has 1 unspecified atom stereocenters. The van der Waals surface area contributed by atoms with Gasteiger partial charge in [-0.05, 0) is 35.3 Å². The van der Waals surface area contributed by atoms with Crippen molar-refractivity contribution in [2.24, 2.45) is 5.73 Å². The zero-order valence-electron chi connectivity index (χ0n) is 11.0. The molecule has 20 heavy (non-hydrogen) atoms. The van der Waals surface area contributed by atoms with Gasteiger partial charge in [0.15, 0.2) is 5.82 Å². The maximum Gasteiger partial charge on any atom is 0.315 e. The summed E-state index contributed by atoms with van der Waals surface area (Å²) in [6.07, 6.45) is 2.66. The number of likely N-dealkylation sites (tertiary alicyclic amines) is 1. The highest BCUT2D eigenvalue weighted by Gasteiger charge is 2.46. The van der Waals surface area contributed by atoms with Crippen LogP contribution in [0, 0.1) is 0 Å². The Balaban J connectivity index is 2.19. The largest absolute Gasteiger partial charge is 0.351 e. The van der Waals surface area contributed by atoms with Crippen molar-refractivity contribution in [3.8, 4) is 0 Å². The monoisotopic (exact) mass is 272 g/mol. The number of H-pyrrole nitrogens is 1. The SMILES string of the molecule is NC(=O)N1CCCCC1(c1ccccc1)c1nnn[nH]1. The van der Waals surface area contributed by atoms with Gasteiger partial charge in [0.2, 0.25) is 0 Å². The van der Waals surface area contributed by atoms with E-state index < -0.39 is 11.6 Å². The molecule has 1 fully saturated rings. The number of nitrogens with zero attached hydrogens (tertiary/aromatic N) is 4. The average molecular weight is 272 g/mol. The van der Waals surface area contributed by atoms with Gasteiger partial charge in [0.05, 0.1) is 0 Å².